The molecule has 2 aromatic carbocycles. The van der Waals surface area contributed by atoms with Gasteiger partial charge in [0.05, 0.1) is 25.0 Å². The van der Waals surface area contributed by atoms with Crippen LogP contribution in [0.3, 0.4) is 0 Å². The van der Waals surface area contributed by atoms with Crippen LogP contribution < -0.4 is 10.1 Å². The van der Waals surface area contributed by atoms with E-state index in [9.17, 15) is 23.2 Å². The van der Waals surface area contributed by atoms with Gasteiger partial charge in [0.25, 0.3) is 5.91 Å². The molecule has 230 valence electrons. The minimum atomic E-state index is -2.90. The summed E-state index contributed by atoms with van der Waals surface area (Å²) >= 11 is 0. The van der Waals surface area contributed by atoms with Gasteiger partial charge >= 0.3 is 12.6 Å². The zero-order valence-electron chi connectivity index (χ0n) is 24.1. The molecule has 4 aromatic rings. The second-order valence-electron chi connectivity index (χ2n) is 10.4. The number of aliphatic carboxylic acids is 1. The summed E-state index contributed by atoms with van der Waals surface area (Å²) in [5.41, 5.74) is 4.06. The fourth-order valence-corrected chi connectivity index (χ4v) is 5.09. The Hall–Kier alpha value is -5.11. The van der Waals surface area contributed by atoms with Crippen LogP contribution in [-0.4, -0.2) is 105 Å². The fourth-order valence-electron chi connectivity index (χ4n) is 5.09. The number of fused-ring (bicyclic) bond motifs is 1. The van der Waals surface area contributed by atoms with Crippen molar-refractivity contribution in [2.24, 2.45) is 0 Å². The van der Waals surface area contributed by atoms with Gasteiger partial charge in [-0.1, -0.05) is 0 Å². The number of halogens is 2. The quantitative estimate of drug-likeness (QED) is 0.279. The number of aryl methyl sites for hydroxylation is 1. The zero-order valence-corrected chi connectivity index (χ0v) is 24.1. The summed E-state index contributed by atoms with van der Waals surface area (Å²) in [6.07, 6.45) is 5.04. The van der Waals surface area contributed by atoms with Crippen molar-refractivity contribution in [1.82, 2.24) is 29.1 Å². The highest BCUT2D eigenvalue weighted by atomic mass is 19.3. The Morgan fingerprint density at radius 3 is 2.39 bits per heavy atom. The molecule has 0 aliphatic carbocycles. The number of piperazine rings is 1. The molecule has 0 saturated carbocycles. The third-order valence-corrected chi connectivity index (χ3v) is 7.25. The van der Waals surface area contributed by atoms with Gasteiger partial charge in [-0.15, -0.1) is 0 Å². The number of aromatic nitrogens is 3. The summed E-state index contributed by atoms with van der Waals surface area (Å²) in [7, 11) is 1.58. The number of imidazole rings is 1. The highest BCUT2D eigenvalue weighted by Gasteiger charge is 2.26. The van der Waals surface area contributed by atoms with E-state index in [0.717, 1.165) is 16.8 Å². The lowest BCUT2D eigenvalue weighted by atomic mass is 10.1. The number of hydrogen-bond donors (Lipinski definition) is 2. The zero-order chi connectivity index (χ0) is 31.4. The first-order chi connectivity index (χ1) is 21.1. The molecule has 0 radical (unpaired) electrons. The molecule has 44 heavy (non-hydrogen) atoms. The number of alkyl halides is 2. The number of carboxylic acids is 1. The number of carbonyl (C=O) groups excluding carboxylic acids is 2. The van der Waals surface area contributed by atoms with Gasteiger partial charge in [0.2, 0.25) is 5.91 Å². The molecule has 0 unspecified atom stereocenters. The Morgan fingerprint density at radius 2 is 1.73 bits per heavy atom. The average molecular weight is 608 g/mol. The molecule has 5 rings (SSSR count). The molecule has 12 nitrogen and oxygen atoms in total. The van der Waals surface area contributed by atoms with Crippen LogP contribution in [0, 0.1) is 6.92 Å². The van der Waals surface area contributed by atoms with Gasteiger partial charge in [-0.05, 0) is 62.0 Å². The number of amides is 2. The Morgan fingerprint density at radius 1 is 1.02 bits per heavy atom. The number of carbonyl (C=O) groups is 3. The Labute approximate surface area is 251 Å². The van der Waals surface area contributed by atoms with Crippen molar-refractivity contribution in [2.75, 3.05) is 51.6 Å². The van der Waals surface area contributed by atoms with E-state index in [1.807, 2.05) is 17.4 Å². The van der Waals surface area contributed by atoms with Crippen molar-refractivity contribution in [3.63, 3.8) is 0 Å². The van der Waals surface area contributed by atoms with Crippen LogP contribution in [0.5, 0.6) is 5.75 Å². The Kier molecular flexibility index (Phi) is 8.99. The van der Waals surface area contributed by atoms with Gasteiger partial charge in [-0.25, -0.2) is 9.97 Å². The van der Waals surface area contributed by atoms with Crippen LogP contribution in [0.2, 0.25) is 0 Å². The van der Waals surface area contributed by atoms with E-state index < -0.39 is 12.6 Å². The van der Waals surface area contributed by atoms with Crippen molar-refractivity contribution in [2.45, 2.75) is 13.5 Å². The highest BCUT2D eigenvalue weighted by Crippen LogP contribution is 2.28. The molecular weight excluding hydrogens is 576 g/mol. The standard InChI is InChI=1S/C30H31F2N7O5/c1-19-15-21(5-8-23(19)29(43)38-13-11-37(12-14-38)25(40)17-36(2)18-26(41)42)35-27-28-34-16-24(39(28)10-9-33-27)20-3-6-22(7-4-20)44-30(31)32/h3-10,15-16,30H,11-14,17-18H2,1-2H3,(H,33,35)(H,41,42). The molecule has 1 fully saturated rings. The van der Waals surface area contributed by atoms with Crippen molar-refractivity contribution in [3.05, 3.63) is 72.2 Å². The molecule has 1 aliphatic rings. The minimum Gasteiger partial charge on any atom is -0.480 e. The lowest BCUT2D eigenvalue weighted by Gasteiger charge is -2.35. The molecule has 1 aliphatic heterocycles. The summed E-state index contributed by atoms with van der Waals surface area (Å²) in [6, 6.07) is 11.7. The molecular formula is C30H31F2N7O5. The van der Waals surface area contributed by atoms with E-state index in [2.05, 4.69) is 20.0 Å². The maximum atomic E-state index is 13.3. The number of likely N-dealkylation sites (N-methyl/N-ethyl adjacent to an activating group) is 1. The van der Waals surface area contributed by atoms with E-state index in [1.54, 1.807) is 59.7 Å². The summed E-state index contributed by atoms with van der Waals surface area (Å²) < 4.78 is 31.3. The lowest BCUT2D eigenvalue weighted by Crippen LogP contribution is -2.52. The van der Waals surface area contributed by atoms with E-state index in [1.165, 1.54) is 17.0 Å². The fraction of sp³-hybridized carbons (Fsp3) is 0.300. The van der Waals surface area contributed by atoms with Gasteiger partial charge in [0.1, 0.15) is 5.75 Å². The molecule has 0 atom stereocenters. The van der Waals surface area contributed by atoms with Crippen molar-refractivity contribution >= 4 is 34.9 Å². The van der Waals surface area contributed by atoms with Crippen molar-refractivity contribution in [1.29, 1.82) is 0 Å². The molecule has 2 amide bonds. The number of nitrogens with one attached hydrogen (secondary N) is 1. The maximum Gasteiger partial charge on any atom is 0.387 e. The molecule has 1 saturated heterocycles. The topological polar surface area (TPSA) is 133 Å². The first-order valence-electron chi connectivity index (χ1n) is 13.8. The van der Waals surface area contributed by atoms with Crippen LogP contribution >= 0.6 is 0 Å². The monoisotopic (exact) mass is 607 g/mol. The van der Waals surface area contributed by atoms with Gasteiger partial charge in [-0.3, -0.25) is 23.7 Å². The molecule has 0 bridgehead atoms. The Balaban J connectivity index is 1.23. The largest absolute Gasteiger partial charge is 0.480 e. The predicted octanol–water partition coefficient (Wildman–Crippen LogP) is 3.35. The SMILES string of the molecule is Cc1cc(Nc2nccn3c(-c4ccc(OC(F)F)cc4)cnc23)ccc1C(=O)N1CCN(C(=O)CN(C)CC(=O)O)CC1. The number of anilines is 2. The smallest absolute Gasteiger partial charge is 0.387 e. The van der Waals surface area contributed by atoms with Crippen LogP contribution in [0.15, 0.2) is 61.1 Å². The van der Waals surface area contributed by atoms with Crippen molar-refractivity contribution < 1.29 is 33.0 Å². The molecule has 3 heterocycles. The third kappa shape index (κ3) is 6.92. The number of nitrogens with zero attached hydrogens (tertiary/aromatic N) is 6. The highest BCUT2D eigenvalue weighted by molar-refractivity contribution is 5.96. The van der Waals surface area contributed by atoms with Crippen LogP contribution in [0.4, 0.5) is 20.3 Å². The van der Waals surface area contributed by atoms with Gasteiger partial charge in [0.15, 0.2) is 11.5 Å². The number of benzene rings is 2. The molecule has 14 heteroatoms. The van der Waals surface area contributed by atoms with Gasteiger partial charge < -0.3 is 25.0 Å². The van der Waals surface area contributed by atoms with Crippen LogP contribution in [0.1, 0.15) is 15.9 Å². The summed E-state index contributed by atoms with van der Waals surface area (Å²) in [5.74, 6) is -0.744. The summed E-state index contributed by atoms with van der Waals surface area (Å²) in [5, 5.41) is 12.2. The van der Waals surface area contributed by atoms with E-state index in [4.69, 9.17) is 5.11 Å². The second kappa shape index (κ2) is 13.0. The van der Waals surface area contributed by atoms with E-state index in [-0.39, 0.29) is 30.7 Å². The van der Waals surface area contributed by atoms with Crippen LogP contribution in [0.25, 0.3) is 16.9 Å². The Bertz CT molecular complexity index is 1670. The summed E-state index contributed by atoms with van der Waals surface area (Å²) in [4.78, 5) is 50.4. The third-order valence-electron chi connectivity index (χ3n) is 7.25. The van der Waals surface area contributed by atoms with Crippen LogP contribution in [-0.2, 0) is 9.59 Å². The number of hydrogen-bond acceptors (Lipinski definition) is 8. The number of rotatable bonds is 10. The first kappa shape index (κ1) is 30.4. The lowest BCUT2D eigenvalue weighted by molar-refractivity contribution is -0.139. The molecule has 2 aromatic heterocycles. The maximum absolute atomic E-state index is 13.3. The predicted molar refractivity (Wildman–Crippen MR) is 157 cm³/mol. The van der Waals surface area contributed by atoms with Gasteiger partial charge in [-0.2, -0.15) is 8.78 Å². The minimum absolute atomic E-state index is 0.00254. The molecule has 2 N–H and O–H groups in total. The van der Waals surface area contributed by atoms with E-state index >= 15 is 0 Å². The number of carboxylic acid groups (broad SMARTS) is 1. The normalized spacial score (nSPS) is 13.5. The summed E-state index contributed by atoms with van der Waals surface area (Å²) in [6.45, 7) is 0.236. The van der Waals surface area contributed by atoms with Crippen molar-refractivity contribution in [3.8, 4) is 17.0 Å². The van der Waals surface area contributed by atoms with E-state index in [0.29, 0.717) is 48.9 Å². The average Bonchev–Trinajstić information content (AvgIpc) is 3.42. The molecule has 0 spiro atoms. The second-order valence-corrected chi connectivity index (χ2v) is 10.4. The van der Waals surface area contributed by atoms with Gasteiger partial charge in [0, 0.05) is 55.4 Å². The number of ether oxygens (including phenoxy) is 1. The first-order valence-corrected chi connectivity index (χ1v) is 13.8.